The Morgan fingerprint density at radius 3 is 2.44 bits per heavy atom. The fourth-order valence-electron chi connectivity index (χ4n) is 1.41. The Balaban J connectivity index is 3.00. The predicted octanol–water partition coefficient (Wildman–Crippen LogP) is 3.99. The minimum atomic E-state index is -0.518. The second-order valence-electron chi connectivity index (χ2n) is 5.26. The van der Waals surface area contributed by atoms with Crippen molar-refractivity contribution in [3.63, 3.8) is 0 Å². The molecule has 1 aromatic heterocycles. The van der Waals surface area contributed by atoms with Crippen LogP contribution >= 0.6 is 15.9 Å². The lowest BCUT2D eigenvalue weighted by Gasteiger charge is -2.29. The van der Waals surface area contributed by atoms with Gasteiger partial charge in [0.15, 0.2) is 0 Å². The SMILES string of the molecule is CC(C)N(C(=O)OC(C)(C)C)c1cccc(Br)n1. The predicted molar refractivity (Wildman–Crippen MR) is 75.8 cm³/mol. The first kappa shape index (κ1) is 15.0. The number of pyridine rings is 1. The zero-order chi connectivity index (χ0) is 13.9. The minimum absolute atomic E-state index is 0.0263. The summed E-state index contributed by atoms with van der Waals surface area (Å²) >= 11 is 3.30. The van der Waals surface area contributed by atoms with Crippen LogP contribution in [0.4, 0.5) is 10.6 Å². The summed E-state index contributed by atoms with van der Waals surface area (Å²) in [4.78, 5) is 18.0. The molecule has 4 nitrogen and oxygen atoms in total. The number of aromatic nitrogens is 1. The molecule has 0 aliphatic rings. The van der Waals surface area contributed by atoms with Gasteiger partial charge < -0.3 is 4.74 Å². The maximum Gasteiger partial charge on any atom is 0.416 e. The van der Waals surface area contributed by atoms with Crippen molar-refractivity contribution in [2.45, 2.75) is 46.3 Å². The lowest BCUT2D eigenvalue weighted by Crippen LogP contribution is -2.41. The van der Waals surface area contributed by atoms with Gasteiger partial charge in [-0.15, -0.1) is 0 Å². The molecular formula is C13H19BrN2O2. The molecule has 0 N–H and O–H groups in total. The zero-order valence-electron chi connectivity index (χ0n) is 11.4. The maximum absolute atomic E-state index is 12.2. The van der Waals surface area contributed by atoms with E-state index in [9.17, 15) is 4.79 Å². The van der Waals surface area contributed by atoms with E-state index in [4.69, 9.17) is 4.74 Å². The summed E-state index contributed by atoms with van der Waals surface area (Å²) in [7, 11) is 0. The van der Waals surface area contributed by atoms with Gasteiger partial charge in [0.05, 0.1) is 0 Å². The van der Waals surface area contributed by atoms with Gasteiger partial charge in [0.2, 0.25) is 0 Å². The summed E-state index contributed by atoms with van der Waals surface area (Å²) in [6, 6.07) is 5.42. The number of hydrogen-bond acceptors (Lipinski definition) is 3. The highest BCUT2D eigenvalue weighted by Gasteiger charge is 2.26. The van der Waals surface area contributed by atoms with Crippen molar-refractivity contribution < 1.29 is 9.53 Å². The Morgan fingerprint density at radius 1 is 1.39 bits per heavy atom. The normalized spacial score (nSPS) is 11.5. The van der Waals surface area contributed by atoms with Gasteiger partial charge in [0.1, 0.15) is 16.0 Å². The molecule has 0 radical (unpaired) electrons. The van der Waals surface area contributed by atoms with Crippen LogP contribution in [0, 0.1) is 0 Å². The number of amides is 1. The molecule has 0 saturated heterocycles. The molecule has 5 heteroatoms. The van der Waals surface area contributed by atoms with E-state index in [1.54, 1.807) is 6.07 Å². The van der Waals surface area contributed by atoms with E-state index in [0.29, 0.717) is 10.4 Å². The average molecular weight is 315 g/mol. The molecule has 0 atom stereocenters. The number of nitrogens with zero attached hydrogens (tertiary/aromatic N) is 2. The Morgan fingerprint density at radius 2 is 2.00 bits per heavy atom. The summed E-state index contributed by atoms with van der Waals surface area (Å²) in [5.74, 6) is 0.577. The number of carbonyl (C=O) groups excluding carboxylic acids is 1. The highest BCUT2D eigenvalue weighted by Crippen LogP contribution is 2.20. The lowest BCUT2D eigenvalue weighted by molar-refractivity contribution is 0.0569. The monoisotopic (exact) mass is 314 g/mol. The fraction of sp³-hybridized carbons (Fsp3) is 0.538. The van der Waals surface area contributed by atoms with Crippen LogP contribution < -0.4 is 4.90 Å². The van der Waals surface area contributed by atoms with Crippen LogP contribution in [-0.2, 0) is 4.74 Å². The van der Waals surface area contributed by atoms with Crippen molar-refractivity contribution in [1.29, 1.82) is 0 Å². The number of rotatable bonds is 2. The zero-order valence-corrected chi connectivity index (χ0v) is 13.0. The molecule has 1 amide bonds. The van der Waals surface area contributed by atoms with Crippen LogP contribution in [0.25, 0.3) is 0 Å². The summed E-state index contributed by atoms with van der Waals surface area (Å²) in [6.07, 6.45) is -0.386. The number of carbonyl (C=O) groups is 1. The molecule has 0 aliphatic heterocycles. The first-order chi connectivity index (χ1) is 8.20. The smallest absolute Gasteiger partial charge is 0.416 e. The third kappa shape index (κ3) is 4.29. The van der Waals surface area contributed by atoms with Crippen molar-refractivity contribution in [3.05, 3.63) is 22.8 Å². The third-order valence-corrected chi connectivity index (χ3v) is 2.50. The molecule has 0 aliphatic carbocycles. The summed E-state index contributed by atoms with van der Waals surface area (Å²) in [5, 5.41) is 0. The highest BCUT2D eigenvalue weighted by molar-refractivity contribution is 9.10. The average Bonchev–Trinajstić information content (AvgIpc) is 2.13. The standard InChI is InChI=1S/C13H19BrN2O2/c1-9(2)16(12(17)18-13(3,4)5)11-8-6-7-10(14)15-11/h6-9H,1-5H3. The molecule has 1 aromatic rings. The van der Waals surface area contributed by atoms with Crippen molar-refractivity contribution in [2.75, 3.05) is 4.90 Å². The van der Waals surface area contributed by atoms with Crippen molar-refractivity contribution in [1.82, 2.24) is 4.98 Å². The summed E-state index contributed by atoms with van der Waals surface area (Å²) < 4.78 is 6.08. The molecule has 0 aromatic carbocycles. The van der Waals surface area contributed by atoms with Gasteiger partial charge in [-0.2, -0.15) is 0 Å². The van der Waals surface area contributed by atoms with Crippen LogP contribution in [0.15, 0.2) is 22.8 Å². The maximum atomic E-state index is 12.2. The number of halogens is 1. The molecular weight excluding hydrogens is 296 g/mol. The van der Waals surface area contributed by atoms with E-state index >= 15 is 0 Å². The van der Waals surface area contributed by atoms with E-state index in [1.807, 2.05) is 46.8 Å². The van der Waals surface area contributed by atoms with Crippen LogP contribution in [-0.4, -0.2) is 22.7 Å². The van der Waals surface area contributed by atoms with E-state index in [1.165, 1.54) is 4.90 Å². The molecule has 18 heavy (non-hydrogen) atoms. The van der Waals surface area contributed by atoms with Gasteiger partial charge in [-0.1, -0.05) is 6.07 Å². The second-order valence-corrected chi connectivity index (χ2v) is 6.08. The molecule has 100 valence electrons. The van der Waals surface area contributed by atoms with E-state index in [0.717, 1.165) is 0 Å². The molecule has 0 bridgehead atoms. The number of ether oxygens (including phenoxy) is 1. The van der Waals surface area contributed by atoms with Gasteiger partial charge in [0.25, 0.3) is 0 Å². The van der Waals surface area contributed by atoms with Gasteiger partial charge in [-0.05, 0) is 62.7 Å². The van der Waals surface area contributed by atoms with Gasteiger partial charge in [-0.25, -0.2) is 9.78 Å². The third-order valence-electron chi connectivity index (χ3n) is 2.05. The lowest BCUT2D eigenvalue weighted by atomic mass is 10.2. The Labute approximate surface area is 116 Å². The van der Waals surface area contributed by atoms with E-state index in [2.05, 4.69) is 20.9 Å². The van der Waals surface area contributed by atoms with Crippen molar-refractivity contribution in [3.8, 4) is 0 Å². The van der Waals surface area contributed by atoms with Crippen molar-refractivity contribution in [2.24, 2.45) is 0 Å². The Hall–Kier alpha value is -1.10. The molecule has 1 rings (SSSR count). The fourth-order valence-corrected chi connectivity index (χ4v) is 1.75. The summed E-state index contributed by atoms with van der Waals surface area (Å²) in [6.45, 7) is 9.38. The Bertz CT molecular complexity index is 427. The van der Waals surface area contributed by atoms with Gasteiger partial charge in [-0.3, -0.25) is 4.90 Å². The van der Waals surface area contributed by atoms with Crippen LogP contribution in [0.1, 0.15) is 34.6 Å². The molecule has 0 unspecified atom stereocenters. The summed E-state index contributed by atoms with van der Waals surface area (Å²) in [5.41, 5.74) is -0.518. The van der Waals surface area contributed by atoms with Crippen LogP contribution in [0.3, 0.4) is 0 Å². The quantitative estimate of drug-likeness (QED) is 0.775. The minimum Gasteiger partial charge on any atom is -0.443 e. The molecule has 0 spiro atoms. The number of anilines is 1. The van der Waals surface area contributed by atoms with E-state index < -0.39 is 5.60 Å². The highest BCUT2D eigenvalue weighted by atomic mass is 79.9. The molecule has 0 saturated carbocycles. The van der Waals surface area contributed by atoms with Gasteiger partial charge >= 0.3 is 6.09 Å². The first-order valence-corrected chi connectivity index (χ1v) is 6.65. The Kier molecular flexibility index (Phi) is 4.73. The van der Waals surface area contributed by atoms with E-state index in [-0.39, 0.29) is 12.1 Å². The van der Waals surface area contributed by atoms with Crippen LogP contribution in [0.2, 0.25) is 0 Å². The first-order valence-electron chi connectivity index (χ1n) is 5.85. The van der Waals surface area contributed by atoms with Crippen LogP contribution in [0.5, 0.6) is 0 Å². The largest absolute Gasteiger partial charge is 0.443 e. The van der Waals surface area contributed by atoms with Gasteiger partial charge in [0, 0.05) is 6.04 Å². The second kappa shape index (κ2) is 5.69. The number of hydrogen-bond donors (Lipinski definition) is 0. The molecule has 1 heterocycles. The van der Waals surface area contributed by atoms with Crippen molar-refractivity contribution >= 4 is 27.8 Å². The molecule has 0 fully saturated rings. The topological polar surface area (TPSA) is 42.4 Å².